The number of hydrogen-bond acceptors (Lipinski definition) is 8. The number of nitrogens with one attached hydrogen (secondary N) is 2. The van der Waals surface area contributed by atoms with Gasteiger partial charge in [0.2, 0.25) is 5.91 Å². The lowest BCUT2D eigenvalue weighted by Gasteiger charge is -2.24. The monoisotopic (exact) mass is 537 g/mol. The molecule has 4 bridgehead atoms. The van der Waals surface area contributed by atoms with Crippen LogP contribution in [0.25, 0.3) is 11.1 Å². The van der Waals surface area contributed by atoms with Gasteiger partial charge in [-0.15, -0.1) is 11.3 Å². The van der Waals surface area contributed by atoms with Crippen LogP contribution in [0.3, 0.4) is 0 Å². The van der Waals surface area contributed by atoms with Crippen LogP contribution in [0.15, 0.2) is 41.5 Å². The summed E-state index contributed by atoms with van der Waals surface area (Å²) < 4.78 is 11.3. The minimum Gasteiger partial charge on any atom is -0.493 e. The van der Waals surface area contributed by atoms with Crippen LogP contribution >= 0.6 is 11.3 Å². The highest BCUT2D eigenvalue weighted by atomic mass is 32.1. The maximum atomic E-state index is 13.3. The SMILES string of the molecule is COc1cc2cc(c1OC)-c1cncc(c1)C(=O)N[C@H](CC(C)C)C(=O)NCCN(C(=O)c1cscn1)C2. The van der Waals surface area contributed by atoms with Gasteiger partial charge in [-0.2, -0.15) is 0 Å². The van der Waals surface area contributed by atoms with E-state index in [1.54, 1.807) is 42.3 Å². The summed E-state index contributed by atoms with van der Waals surface area (Å²) in [6.07, 6.45) is 3.55. The predicted molar refractivity (Wildman–Crippen MR) is 143 cm³/mol. The second-order valence-electron chi connectivity index (χ2n) is 9.39. The molecule has 200 valence electrons. The standard InChI is InChI=1S/C27H31N5O5S/c1-16(2)7-21-26(34)29-5-6-32(27(35)22-14-38-15-30-22)13-17-8-20(24(37-4)23(9-17)36-3)18-10-19(12-28-11-18)25(33)31-21/h8-12,14-16,21H,5-7,13H2,1-4H3,(H,29,34)(H,31,33)/t21-/m1/s1. The van der Waals surface area contributed by atoms with Crippen molar-refractivity contribution in [2.75, 3.05) is 27.3 Å². The number of ether oxygens (including phenoxy) is 2. The molecule has 0 aliphatic carbocycles. The molecule has 0 saturated carbocycles. The summed E-state index contributed by atoms with van der Waals surface area (Å²) in [6, 6.07) is 4.66. The number of rotatable bonds is 5. The Morgan fingerprint density at radius 1 is 1.16 bits per heavy atom. The van der Waals surface area contributed by atoms with Gasteiger partial charge >= 0.3 is 0 Å². The number of fused-ring (bicyclic) bond motifs is 5. The molecule has 1 aliphatic rings. The summed E-state index contributed by atoms with van der Waals surface area (Å²) >= 11 is 1.34. The van der Waals surface area contributed by atoms with Crippen molar-refractivity contribution in [1.82, 2.24) is 25.5 Å². The molecule has 0 unspecified atom stereocenters. The fourth-order valence-corrected chi connectivity index (χ4v) is 4.90. The fraction of sp³-hybridized carbons (Fsp3) is 0.370. The third-order valence-corrected chi connectivity index (χ3v) is 6.76. The molecule has 38 heavy (non-hydrogen) atoms. The Hall–Kier alpha value is -3.99. The number of methoxy groups -OCH3 is 2. The van der Waals surface area contributed by atoms with Crippen LogP contribution in [0.2, 0.25) is 0 Å². The summed E-state index contributed by atoms with van der Waals surface area (Å²) in [5.74, 6) is 0.154. The Balaban J connectivity index is 1.82. The van der Waals surface area contributed by atoms with Gasteiger partial charge in [0, 0.05) is 48.5 Å². The van der Waals surface area contributed by atoms with Crippen LogP contribution < -0.4 is 20.1 Å². The predicted octanol–water partition coefficient (Wildman–Crippen LogP) is 3.14. The average Bonchev–Trinajstić information content (AvgIpc) is 3.45. The Kier molecular flexibility index (Phi) is 8.57. The zero-order valence-corrected chi connectivity index (χ0v) is 22.6. The van der Waals surface area contributed by atoms with E-state index >= 15 is 0 Å². The zero-order valence-electron chi connectivity index (χ0n) is 21.8. The molecule has 4 rings (SSSR count). The van der Waals surface area contributed by atoms with Gasteiger partial charge in [-0.05, 0) is 36.1 Å². The molecule has 1 atom stereocenters. The molecule has 0 saturated heterocycles. The quantitative estimate of drug-likeness (QED) is 0.513. The minimum absolute atomic E-state index is 0.165. The Morgan fingerprint density at radius 3 is 2.63 bits per heavy atom. The van der Waals surface area contributed by atoms with E-state index in [1.165, 1.54) is 17.5 Å². The normalized spacial score (nSPS) is 16.2. The van der Waals surface area contributed by atoms with Crippen LogP contribution in [-0.4, -0.2) is 65.9 Å². The van der Waals surface area contributed by atoms with E-state index in [0.29, 0.717) is 40.3 Å². The first-order valence-electron chi connectivity index (χ1n) is 12.3. The molecule has 10 nitrogen and oxygen atoms in total. The Labute approximate surface area is 225 Å². The minimum atomic E-state index is -0.741. The van der Waals surface area contributed by atoms with Gasteiger partial charge in [-0.25, -0.2) is 4.98 Å². The molecule has 3 heterocycles. The summed E-state index contributed by atoms with van der Waals surface area (Å²) in [6.45, 7) is 4.65. The molecule has 11 heteroatoms. The van der Waals surface area contributed by atoms with Crippen molar-refractivity contribution < 1.29 is 23.9 Å². The zero-order chi connectivity index (χ0) is 27.2. The first kappa shape index (κ1) is 27.1. The number of pyridine rings is 1. The van der Waals surface area contributed by atoms with E-state index in [-0.39, 0.29) is 37.4 Å². The second-order valence-corrected chi connectivity index (χ2v) is 10.1. The highest BCUT2D eigenvalue weighted by Gasteiger charge is 2.25. The maximum Gasteiger partial charge on any atom is 0.273 e. The summed E-state index contributed by atoms with van der Waals surface area (Å²) in [5.41, 5.74) is 4.32. The van der Waals surface area contributed by atoms with Gasteiger partial charge in [0.25, 0.3) is 11.8 Å². The molecular formula is C27H31N5O5S. The van der Waals surface area contributed by atoms with Crippen LogP contribution in [0.4, 0.5) is 0 Å². The van der Waals surface area contributed by atoms with E-state index in [1.807, 2.05) is 26.0 Å². The Morgan fingerprint density at radius 2 is 1.95 bits per heavy atom. The van der Waals surface area contributed by atoms with E-state index in [0.717, 1.165) is 5.56 Å². The first-order chi connectivity index (χ1) is 18.3. The number of aromatic nitrogens is 2. The van der Waals surface area contributed by atoms with Crippen LogP contribution in [0.1, 0.15) is 46.7 Å². The van der Waals surface area contributed by atoms with Crippen molar-refractivity contribution in [2.45, 2.75) is 32.9 Å². The van der Waals surface area contributed by atoms with Crippen molar-refractivity contribution in [3.05, 3.63) is 58.3 Å². The smallest absolute Gasteiger partial charge is 0.273 e. The van der Waals surface area contributed by atoms with Crippen molar-refractivity contribution >= 4 is 29.1 Å². The van der Waals surface area contributed by atoms with E-state index < -0.39 is 11.9 Å². The molecule has 3 amide bonds. The number of amides is 3. The molecule has 2 N–H and O–H groups in total. The summed E-state index contributed by atoms with van der Waals surface area (Å²) in [7, 11) is 3.08. The molecule has 0 radical (unpaired) electrons. The number of nitrogens with zero attached hydrogens (tertiary/aromatic N) is 3. The van der Waals surface area contributed by atoms with Crippen LogP contribution in [-0.2, 0) is 11.3 Å². The van der Waals surface area contributed by atoms with E-state index in [9.17, 15) is 14.4 Å². The van der Waals surface area contributed by atoms with Gasteiger partial charge in [-0.3, -0.25) is 19.4 Å². The van der Waals surface area contributed by atoms with Crippen molar-refractivity contribution in [3.63, 3.8) is 0 Å². The molecule has 3 aromatic rings. The number of carbonyl (C=O) groups excluding carboxylic acids is 3. The lowest BCUT2D eigenvalue weighted by Crippen LogP contribution is -2.49. The molecular weight excluding hydrogens is 506 g/mol. The summed E-state index contributed by atoms with van der Waals surface area (Å²) in [4.78, 5) is 49.7. The third kappa shape index (κ3) is 6.10. The fourth-order valence-electron chi connectivity index (χ4n) is 4.37. The van der Waals surface area contributed by atoms with Crippen LogP contribution in [0, 0.1) is 5.92 Å². The number of hydrogen-bond donors (Lipinski definition) is 2. The van der Waals surface area contributed by atoms with E-state index in [2.05, 4.69) is 20.6 Å². The number of thiazole rings is 1. The second kappa shape index (κ2) is 12.0. The van der Waals surface area contributed by atoms with E-state index in [4.69, 9.17) is 9.47 Å². The third-order valence-electron chi connectivity index (χ3n) is 6.17. The molecule has 1 aromatic carbocycles. The van der Waals surface area contributed by atoms with Gasteiger partial charge in [0.1, 0.15) is 11.7 Å². The van der Waals surface area contributed by atoms with Crippen molar-refractivity contribution in [3.8, 4) is 22.6 Å². The average molecular weight is 538 g/mol. The van der Waals surface area contributed by atoms with Crippen molar-refractivity contribution in [2.24, 2.45) is 5.92 Å². The number of benzene rings is 1. The maximum absolute atomic E-state index is 13.3. The molecule has 1 aliphatic heterocycles. The summed E-state index contributed by atoms with van der Waals surface area (Å²) in [5, 5.41) is 7.44. The lowest BCUT2D eigenvalue weighted by molar-refractivity contribution is -0.123. The molecule has 0 fully saturated rings. The molecule has 0 spiro atoms. The van der Waals surface area contributed by atoms with Crippen molar-refractivity contribution in [1.29, 1.82) is 0 Å². The topological polar surface area (TPSA) is 123 Å². The van der Waals surface area contributed by atoms with Crippen LogP contribution in [0.5, 0.6) is 11.5 Å². The van der Waals surface area contributed by atoms with Gasteiger partial charge in [0.05, 0.1) is 25.3 Å². The van der Waals surface area contributed by atoms with Gasteiger partial charge in [-0.1, -0.05) is 13.8 Å². The largest absolute Gasteiger partial charge is 0.493 e. The van der Waals surface area contributed by atoms with Gasteiger partial charge in [0.15, 0.2) is 11.5 Å². The molecule has 2 aromatic heterocycles. The van der Waals surface area contributed by atoms with Gasteiger partial charge < -0.3 is 25.0 Å². The highest BCUT2D eigenvalue weighted by Crippen LogP contribution is 2.39. The Bertz CT molecular complexity index is 1310. The number of carbonyl (C=O) groups is 3. The highest BCUT2D eigenvalue weighted by molar-refractivity contribution is 7.07. The lowest BCUT2D eigenvalue weighted by atomic mass is 10.00. The first-order valence-corrected chi connectivity index (χ1v) is 13.2.